The molecule has 0 saturated carbocycles. The number of carbonyl (C=O) groups is 1. The minimum Gasteiger partial charge on any atom is -0.366 e. The fourth-order valence-electron chi connectivity index (χ4n) is 2.21. The van der Waals surface area contributed by atoms with Gasteiger partial charge in [0.25, 0.3) is 5.91 Å². The first-order chi connectivity index (χ1) is 12.2. The predicted octanol–water partition coefficient (Wildman–Crippen LogP) is 3.67. The molecule has 1 amide bonds. The molecular formula is C19H17ClN4O. The average molecular weight is 353 g/mol. The number of anilines is 1. The molecule has 5 nitrogen and oxygen atoms in total. The second-order valence-corrected chi connectivity index (χ2v) is 5.89. The molecule has 126 valence electrons. The SMILES string of the molecule is O=C(NCc1ccncc1)c1ccc(NCc2ccc(Cl)cc2)nc1. The van der Waals surface area contributed by atoms with Gasteiger partial charge < -0.3 is 10.6 Å². The largest absolute Gasteiger partial charge is 0.366 e. The van der Waals surface area contributed by atoms with E-state index in [-0.39, 0.29) is 5.91 Å². The van der Waals surface area contributed by atoms with Gasteiger partial charge in [0.05, 0.1) is 5.56 Å². The molecule has 6 heteroatoms. The summed E-state index contributed by atoms with van der Waals surface area (Å²) in [4.78, 5) is 20.4. The van der Waals surface area contributed by atoms with E-state index in [0.29, 0.717) is 29.5 Å². The lowest BCUT2D eigenvalue weighted by atomic mass is 10.2. The third-order valence-corrected chi connectivity index (χ3v) is 3.87. The smallest absolute Gasteiger partial charge is 0.253 e. The number of carbonyl (C=O) groups excluding carboxylic acids is 1. The molecule has 0 radical (unpaired) electrons. The van der Waals surface area contributed by atoms with Gasteiger partial charge >= 0.3 is 0 Å². The number of nitrogens with zero attached hydrogens (tertiary/aromatic N) is 2. The van der Waals surface area contributed by atoms with E-state index in [9.17, 15) is 4.79 Å². The molecule has 0 spiro atoms. The molecule has 2 heterocycles. The summed E-state index contributed by atoms with van der Waals surface area (Å²) < 4.78 is 0. The zero-order valence-electron chi connectivity index (χ0n) is 13.4. The molecule has 0 aliphatic heterocycles. The number of hydrogen-bond acceptors (Lipinski definition) is 4. The molecule has 0 fully saturated rings. The van der Waals surface area contributed by atoms with Gasteiger partial charge in [0.2, 0.25) is 0 Å². The van der Waals surface area contributed by atoms with Crippen molar-refractivity contribution in [3.63, 3.8) is 0 Å². The summed E-state index contributed by atoms with van der Waals surface area (Å²) in [5.74, 6) is 0.550. The van der Waals surface area contributed by atoms with Gasteiger partial charge in [0.15, 0.2) is 0 Å². The molecule has 25 heavy (non-hydrogen) atoms. The average Bonchev–Trinajstić information content (AvgIpc) is 2.67. The fourth-order valence-corrected chi connectivity index (χ4v) is 2.34. The van der Waals surface area contributed by atoms with Crippen molar-refractivity contribution in [3.05, 3.63) is 88.8 Å². The number of aromatic nitrogens is 2. The van der Waals surface area contributed by atoms with Crippen molar-refractivity contribution in [2.45, 2.75) is 13.1 Å². The summed E-state index contributed by atoms with van der Waals surface area (Å²) >= 11 is 5.87. The zero-order chi connectivity index (χ0) is 17.5. The van der Waals surface area contributed by atoms with Crippen molar-refractivity contribution in [2.24, 2.45) is 0 Å². The maximum absolute atomic E-state index is 12.1. The first-order valence-electron chi connectivity index (χ1n) is 7.82. The lowest BCUT2D eigenvalue weighted by molar-refractivity contribution is 0.0950. The van der Waals surface area contributed by atoms with Gasteiger partial charge in [0, 0.05) is 36.7 Å². The van der Waals surface area contributed by atoms with Crippen LogP contribution >= 0.6 is 11.6 Å². The maximum atomic E-state index is 12.1. The third-order valence-electron chi connectivity index (χ3n) is 3.61. The Morgan fingerprint density at radius 1 is 0.920 bits per heavy atom. The minimum atomic E-state index is -0.159. The Morgan fingerprint density at radius 2 is 1.64 bits per heavy atom. The number of pyridine rings is 2. The van der Waals surface area contributed by atoms with E-state index in [1.165, 1.54) is 0 Å². The molecule has 0 aliphatic rings. The van der Waals surface area contributed by atoms with E-state index in [1.54, 1.807) is 30.7 Å². The Kier molecular flexibility index (Phi) is 5.59. The Morgan fingerprint density at radius 3 is 2.32 bits per heavy atom. The van der Waals surface area contributed by atoms with Crippen molar-refractivity contribution in [3.8, 4) is 0 Å². The normalized spacial score (nSPS) is 10.3. The van der Waals surface area contributed by atoms with Crippen molar-refractivity contribution in [1.82, 2.24) is 15.3 Å². The molecule has 0 bridgehead atoms. The van der Waals surface area contributed by atoms with Crippen molar-refractivity contribution in [1.29, 1.82) is 0 Å². The highest BCUT2D eigenvalue weighted by Gasteiger charge is 2.06. The summed E-state index contributed by atoms with van der Waals surface area (Å²) in [6.45, 7) is 1.09. The number of nitrogens with one attached hydrogen (secondary N) is 2. The Labute approximate surface area is 151 Å². The van der Waals surface area contributed by atoms with Crippen LogP contribution in [0.25, 0.3) is 0 Å². The van der Waals surface area contributed by atoms with Gasteiger partial charge in [-0.3, -0.25) is 9.78 Å². The molecule has 0 aliphatic carbocycles. The standard InChI is InChI=1S/C19H17ClN4O/c20-17-4-1-14(2-5-17)11-22-18-6-3-16(13-23-18)19(25)24-12-15-7-9-21-10-8-15/h1-10,13H,11-12H2,(H,22,23)(H,24,25). The highest BCUT2D eigenvalue weighted by molar-refractivity contribution is 6.30. The van der Waals surface area contributed by atoms with Crippen LogP contribution in [0.15, 0.2) is 67.1 Å². The second kappa shape index (κ2) is 8.26. The lowest BCUT2D eigenvalue weighted by Crippen LogP contribution is -2.22. The Balaban J connectivity index is 1.52. The first-order valence-corrected chi connectivity index (χ1v) is 8.20. The monoisotopic (exact) mass is 352 g/mol. The topological polar surface area (TPSA) is 66.9 Å². The Bertz CT molecular complexity index is 820. The van der Waals surface area contributed by atoms with E-state index in [4.69, 9.17) is 11.6 Å². The molecule has 3 rings (SSSR count). The summed E-state index contributed by atoms with van der Waals surface area (Å²) in [6.07, 6.45) is 4.96. The van der Waals surface area contributed by atoms with E-state index in [2.05, 4.69) is 20.6 Å². The van der Waals surface area contributed by atoms with Gasteiger partial charge in [-0.15, -0.1) is 0 Å². The number of halogens is 1. The molecule has 3 aromatic rings. The number of benzene rings is 1. The number of hydrogen-bond donors (Lipinski definition) is 2. The lowest BCUT2D eigenvalue weighted by Gasteiger charge is -2.08. The summed E-state index contributed by atoms with van der Waals surface area (Å²) in [7, 11) is 0. The van der Waals surface area contributed by atoms with Gasteiger partial charge in [-0.05, 0) is 47.5 Å². The third kappa shape index (κ3) is 5.02. The molecule has 0 unspecified atom stereocenters. The number of amides is 1. The van der Waals surface area contributed by atoms with E-state index < -0.39 is 0 Å². The van der Waals surface area contributed by atoms with Crippen LogP contribution in [0.1, 0.15) is 21.5 Å². The van der Waals surface area contributed by atoms with Gasteiger partial charge in [-0.2, -0.15) is 0 Å². The molecule has 0 atom stereocenters. The fraction of sp³-hybridized carbons (Fsp3) is 0.105. The van der Waals surface area contributed by atoms with Crippen molar-refractivity contribution in [2.75, 3.05) is 5.32 Å². The highest BCUT2D eigenvalue weighted by Crippen LogP contribution is 2.12. The van der Waals surface area contributed by atoms with Crippen molar-refractivity contribution < 1.29 is 4.79 Å². The number of rotatable bonds is 6. The predicted molar refractivity (Wildman–Crippen MR) is 98.4 cm³/mol. The molecule has 1 aromatic carbocycles. The first kappa shape index (κ1) is 16.9. The highest BCUT2D eigenvalue weighted by atomic mass is 35.5. The van der Waals surface area contributed by atoms with Crippen LogP contribution in [0, 0.1) is 0 Å². The Hall–Kier alpha value is -2.92. The van der Waals surface area contributed by atoms with Crippen LogP contribution in [0.5, 0.6) is 0 Å². The second-order valence-electron chi connectivity index (χ2n) is 5.45. The van der Waals surface area contributed by atoms with Crippen LogP contribution in [0.4, 0.5) is 5.82 Å². The van der Waals surface area contributed by atoms with E-state index in [1.807, 2.05) is 36.4 Å². The van der Waals surface area contributed by atoms with Gasteiger partial charge in [-0.25, -0.2) is 4.98 Å². The van der Waals surface area contributed by atoms with Crippen LogP contribution in [0.3, 0.4) is 0 Å². The molecule has 2 aromatic heterocycles. The van der Waals surface area contributed by atoms with Crippen LogP contribution in [-0.4, -0.2) is 15.9 Å². The van der Waals surface area contributed by atoms with Crippen molar-refractivity contribution >= 4 is 23.3 Å². The van der Waals surface area contributed by atoms with Gasteiger partial charge in [-0.1, -0.05) is 23.7 Å². The van der Waals surface area contributed by atoms with Crippen LogP contribution in [-0.2, 0) is 13.1 Å². The molecule has 2 N–H and O–H groups in total. The van der Waals surface area contributed by atoms with Gasteiger partial charge in [0.1, 0.15) is 5.82 Å². The van der Waals surface area contributed by atoms with E-state index in [0.717, 1.165) is 11.1 Å². The quantitative estimate of drug-likeness (QED) is 0.710. The summed E-state index contributed by atoms with van der Waals surface area (Å²) in [5.41, 5.74) is 2.62. The zero-order valence-corrected chi connectivity index (χ0v) is 14.2. The summed E-state index contributed by atoms with van der Waals surface area (Å²) in [6, 6.07) is 14.9. The molecule has 0 saturated heterocycles. The summed E-state index contributed by atoms with van der Waals surface area (Å²) in [5, 5.41) is 6.78. The van der Waals surface area contributed by atoms with Crippen LogP contribution < -0.4 is 10.6 Å². The van der Waals surface area contributed by atoms with Crippen LogP contribution in [0.2, 0.25) is 5.02 Å². The minimum absolute atomic E-state index is 0.159. The maximum Gasteiger partial charge on any atom is 0.253 e. The molecular weight excluding hydrogens is 336 g/mol. The van der Waals surface area contributed by atoms with E-state index >= 15 is 0 Å².